The van der Waals surface area contributed by atoms with E-state index in [1.165, 1.54) is 58.0 Å². The molecule has 3 unspecified atom stereocenters. The largest absolute Gasteiger partial charge is 0.377 e. The van der Waals surface area contributed by atoms with Crippen LogP contribution < -0.4 is 5.32 Å². The van der Waals surface area contributed by atoms with Crippen molar-refractivity contribution in [1.29, 1.82) is 0 Å². The molecule has 3 rings (SSSR count). The fraction of sp³-hybridized carbons (Fsp3) is 1.00. The van der Waals surface area contributed by atoms with Crippen molar-refractivity contribution in [2.24, 2.45) is 0 Å². The van der Waals surface area contributed by atoms with E-state index in [1.54, 1.807) is 0 Å². The Bertz CT molecular complexity index is 253. The monoisotopic (exact) mass is 252 g/mol. The molecule has 104 valence electrons. The smallest absolute Gasteiger partial charge is 0.0702 e. The molecule has 0 amide bonds. The summed E-state index contributed by atoms with van der Waals surface area (Å²) in [6.07, 6.45) is 9.92. The number of fused-ring (bicyclic) bond motifs is 2. The molecule has 0 aliphatic carbocycles. The van der Waals surface area contributed by atoms with Gasteiger partial charge in [-0.25, -0.2) is 0 Å². The van der Waals surface area contributed by atoms with Crippen LogP contribution in [0.15, 0.2) is 0 Å². The zero-order valence-electron chi connectivity index (χ0n) is 11.7. The van der Waals surface area contributed by atoms with Crippen LogP contribution in [0.3, 0.4) is 0 Å². The molecular formula is C15H28N2O. The standard InChI is InChI=1S/C15H28N2O/c1-2-17(11-15-5-3-4-8-18-15)14-9-12-6-7-13(10-14)16-12/h12-16H,2-11H2,1H3. The third-order valence-corrected chi connectivity index (χ3v) is 5.08. The minimum atomic E-state index is 0.506. The lowest BCUT2D eigenvalue weighted by molar-refractivity contribution is -0.0170. The van der Waals surface area contributed by atoms with Crippen LogP contribution in [0.1, 0.15) is 51.9 Å². The predicted octanol–water partition coefficient (Wildman–Crippen LogP) is 2.16. The van der Waals surface area contributed by atoms with E-state index in [2.05, 4.69) is 17.1 Å². The van der Waals surface area contributed by atoms with Crippen LogP contribution in [0, 0.1) is 0 Å². The van der Waals surface area contributed by atoms with Crippen LogP contribution in [0.4, 0.5) is 0 Å². The van der Waals surface area contributed by atoms with Crippen molar-refractivity contribution in [3.05, 3.63) is 0 Å². The number of likely N-dealkylation sites (N-methyl/N-ethyl adjacent to an activating group) is 1. The second kappa shape index (κ2) is 5.89. The Morgan fingerprint density at radius 3 is 2.50 bits per heavy atom. The molecule has 3 saturated heterocycles. The lowest BCUT2D eigenvalue weighted by Crippen LogP contribution is -2.50. The van der Waals surface area contributed by atoms with Gasteiger partial charge in [-0.2, -0.15) is 0 Å². The van der Waals surface area contributed by atoms with Crippen molar-refractivity contribution in [1.82, 2.24) is 10.2 Å². The SMILES string of the molecule is CCN(CC1CCCCO1)C1CC2CCC(C1)N2. The number of nitrogens with zero attached hydrogens (tertiary/aromatic N) is 1. The summed E-state index contributed by atoms with van der Waals surface area (Å²) in [6.45, 7) is 5.65. The Labute approximate surface area is 111 Å². The second-order valence-corrected chi connectivity index (χ2v) is 6.34. The molecular weight excluding hydrogens is 224 g/mol. The highest BCUT2D eigenvalue weighted by molar-refractivity contribution is 4.95. The van der Waals surface area contributed by atoms with E-state index in [9.17, 15) is 0 Å². The maximum atomic E-state index is 5.91. The number of piperidine rings is 1. The van der Waals surface area contributed by atoms with E-state index < -0.39 is 0 Å². The van der Waals surface area contributed by atoms with Gasteiger partial charge in [0.2, 0.25) is 0 Å². The summed E-state index contributed by atoms with van der Waals surface area (Å²) in [5, 5.41) is 3.74. The van der Waals surface area contributed by atoms with Gasteiger partial charge < -0.3 is 10.1 Å². The molecule has 0 aromatic rings. The van der Waals surface area contributed by atoms with Crippen molar-refractivity contribution >= 4 is 0 Å². The summed E-state index contributed by atoms with van der Waals surface area (Å²) < 4.78 is 5.91. The van der Waals surface area contributed by atoms with Gasteiger partial charge in [0.05, 0.1) is 6.10 Å². The minimum absolute atomic E-state index is 0.506. The van der Waals surface area contributed by atoms with E-state index in [4.69, 9.17) is 4.74 Å². The Balaban J connectivity index is 1.54. The fourth-order valence-electron chi connectivity index (χ4n) is 4.07. The van der Waals surface area contributed by atoms with Gasteiger partial charge in [-0.05, 0) is 51.5 Å². The lowest BCUT2D eigenvalue weighted by Gasteiger charge is -2.39. The van der Waals surface area contributed by atoms with E-state index in [1.807, 2.05) is 0 Å². The molecule has 18 heavy (non-hydrogen) atoms. The predicted molar refractivity (Wildman–Crippen MR) is 73.8 cm³/mol. The van der Waals surface area contributed by atoms with Gasteiger partial charge in [-0.15, -0.1) is 0 Å². The zero-order valence-corrected chi connectivity index (χ0v) is 11.7. The average Bonchev–Trinajstić information content (AvgIpc) is 2.76. The highest BCUT2D eigenvalue weighted by Gasteiger charge is 2.36. The molecule has 3 aliphatic heterocycles. The number of hydrogen-bond acceptors (Lipinski definition) is 3. The fourth-order valence-corrected chi connectivity index (χ4v) is 4.07. The van der Waals surface area contributed by atoms with Gasteiger partial charge in [-0.1, -0.05) is 6.92 Å². The normalized spacial score (nSPS) is 40.3. The summed E-state index contributed by atoms with van der Waals surface area (Å²) in [5.41, 5.74) is 0. The first-order valence-corrected chi connectivity index (χ1v) is 7.97. The zero-order chi connectivity index (χ0) is 12.4. The van der Waals surface area contributed by atoms with Gasteiger partial charge in [0.1, 0.15) is 0 Å². The van der Waals surface area contributed by atoms with E-state index in [-0.39, 0.29) is 0 Å². The molecule has 0 spiro atoms. The van der Waals surface area contributed by atoms with Crippen LogP contribution in [0.25, 0.3) is 0 Å². The minimum Gasteiger partial charge on any atom is -0.377 e. The Morgan fingerprint density at radius 1 is 1.11 bits per heavy atom. The number of rotatable bonds is 4. The van der Waals surface area contributed by atoms with Crippen LogP contribution in [0.2, 0.25) is 0 Å². The van der Waals surface area contributed by atoms with Gasteiger partial charge in [0.15, 0.2) is 0 Å². The molecule has 0 saturated carbocycles. The van der Waals surface area contributed by atoms with E-state index >= 15 is 0 Å². The van der Waals surface area contributed by atoms with Crippen LogP contribution in [-0.4, -0.2) is 48.8 Å². The molecule has 3 nitrogen and oxygen atoms in total. The molecule has 2 bridgehead atoms. The molecule has 3 aliphatic rings. The summed E-state index contributed by atoms with van der Waals surface area (Å²) >= 11 is 0. The molecule has 0 aromatic heterocycles. The van der Waals surface area contributed by atoms with Crippen molar-refractivity contribution < 1.29 is 4.74 Å². The van der Waals surface area contributed by atoms with E-state index in [0.29, 0.717) is 6.10 Å². The average molecular weight is 252 g/mol. The van der Waals surface area contributed by atoms with Gasteiger partial charge in [-0.3, -0.25) is 4.90 Å². The quantitative estimate of drug-likeness (QED) is 0.830. The highest BCUT2D eigenvalue weighted by atomic mass is 16.5. The molecule has 0 aromatic carbocycles. The van der Waals surface area contributed by atoms with Crippen molar-refractivity contribution in [3.8, 4) is 0 Å². The van der Waals surface area contributed by atoms with Gasteiger partial charge >= 0.3 is 0 Å². The molecule has 0 radical (unpaired) electrons. The number of hydrogen-bond donors (Lipinski definition) is 1. The molecule has 3 fully saturated rings. The van der Waals surface area contributed by atoms with Crippen LogP contribution in [-0.2, 0) is 4.74 Å². The number of ether oxygens (including phenoxy) is 1. The van der Waals surface area contributed by atoms with Crippen LogP contribution >= 0.6 is 0 Å². The molecule has 3 heteroatoms. The first kappa shape index (κ1) is 12.9. The van der Waals surface area contributed by atoms with Crippen molar-refractivity contribution in [2.75, 3.05) is 19.7 Å². The molecule has 3 atom stereocenters. The summed E-state index contributed by atoms with van der Waals surface area (Å²) in [7, 11) is 0. The Kier molecular flexibility index (Phi) is 4.22. The van der Waals surface area contributed by atoms with E-state index in [0.717, 1.165) is 24.7 Å². The first-order chi connectivity index (χ1) is 8.85. The maximum Gasteiger partial charge on any atom is 0.0702 e. The third kappa shape index (κ3) is 2.89. The summed E-state index contributed by atoms with van der Waals surface area (Å²) in [6, 6.07) is 2.41. The summed E-state index contributed by atoms with van der Waals surface area (Å²) in [4.78, 5) is 2.70. The Morgan fingerprint density at radius 2 is 1.89 bits per heavy atom. The topological polar surface area (TPSA) is 24.5 Å². The first-order valence-electron chi connectivity index (χ1n) is 7.97. The Hall–Kier alpha value is -0.120. The molecule has 1 N–H and O–H groups in total. The van der Waals surface area contributed by atoms with Crippen molar-refractivity contribution in [3.63, 3.8) is 0 Å². The van der Waals surface area contributed by atoms with Gasteiger partial charge in [0, 0.05) is 31.3 Å². The van der Waals surface area contributed by atoms with Crippen molar-refractivity contribution in [2.45, 2.75) is 76.1 Å². The van der Waals surface area contributed by atoms with Gasteiger partial charge in [0.25, 0.3) is 0 Å². The summed E-state index contributed by atoms with van der Waals surface area (Å²) in [5.74, 6) is 0. The highest BCUT2D eigenvalue weighted by Crippen LogP contribution is 2.30. The number of nitrogens with one attached hydrogen (secondary N) is 1. The second-order valence-electron chi connectivity index (χ2n) is 6.34. The maximum absolute atomic E-state index is 5.91. The van der Waals surface area contributed by atoms with Crippen LogP contribution in [0.5, 0.6) is 0 Å². The lowest BCUT2D eigenvalue weighted by atomic mass is 9.97. The third-order valence-electron chi connectivity index (χ3n) is 5.08. The molecule has 3 heterocycles.